The van der Waals surface area contributed by atoms with Crippen LogP contribution in [-0.2, 0) is 28.6 Å². The van der Waals surface area contributed by atoms with E-state index in [-0.39, 0.29) is 31.1 Å². The van der Waals surface area contributed by atoms with Gasteiger partial charge in [-0.25, -0.2) is 0 Å². The second kappa shape index (κ2) is 67.6. The lowest BCUT2D eigenvalue weighted by molar-refractivity contribution is -0.167. The van der Waals surface area contributed by atoms with E-state index in [1.54, 1.807) is 0 Å². The zero-order valence-corrected chi connectivity index (χ0v) is 52.6. The Morgan fingerprint density at radius 3 is 0.787 bits per heavy atom. The van der Waals surface area contributed by atoms with E-state index in [1.165, 1.54) is 161 Å². The monoisotopic (exact) mass is 1110 g/mol. The molecule has 458 valence electrons. The highest BCUT2D eigenvalue weighted by atomic mass is 16.6. The molecular formula is C74H126O6. The summed E-state index contributed by atoms with van der Waals surface area (Å²) in [7, 11) is 0. The number of carbonyl (C=O) groups excluding carboxylic acids is 3. The summed E-state index contributed by atoms with van der Waals surface area (Å²) in [5.41, 5.74) is 0. The molecule has 6 nitrogen and oxygen atoms in total. The van der Waals surface area contributed by atoms with E-state index >= 15 is 0 Å². The molecule has 0 radical (unpaired) electrons. The fraction of sp³-hybridized carbons (Fsp3) is 0.716. The highest BCUT2D eigenvalue weighted by Crippen LogP contribution is 2.16. The SMILES string of the molecule is CC/C=C\C/C=C\C/C=C\C/C=C\C/C=C\C/C=C\CCCCCCCCCCCCCCC(=O)OCC(COC(=O)CCCCCCCCCCCCCC)OC(=O)CCCCCCCC/C=C\C/C=C\C/C=C\CCCCC. The first-order chi connectivity index (χ1) is 39.5. The first kappa shape index (κ1) is 76.1. The first-order valence-corrected chi connectivity index (χ1v) is 33.9. The van der Waals surface area contributed by atoms with Gasteiger partial charge < -0.3 is 14.2 Å². The Morgan fingerprint density at radius 1 is 0.263 bits per heavy atom. The van der Waals surface area contributed by atoms with Crippen LogP contribution in [0.5, 0.6) is 0 Å². The maximum Gasteiger partial charge on any atom is 0.306 e. The summed E-state index contributed by atoms with van der Waals surface area (Å²) in [6.07, 6.45) is 92.4. The number of ether oxygens (including phenoxy) is 3. The van der Waals surface area contributed by atoms with Gasteiger partial charge in [-0.2, -0.15) is 0 Å². The standard InChI is InChI=1S/C74H126O6/c1-4-7-10-13-16-19-22-25-27-29-31-32-33-34-35-36-37-38-39-40-41-42-44-45-47-49-52-55-58-61-64-67-73(76)79-70-71(69-78-72(75)66-63-60-57-54-51-24-21-18-15-12-9-6-3)80-74(77)68-65-62-59-56-53-50-48-46-43-30-28-26-23-20-17-14-11-8-5-2/h7,10,16-17,19-20,25-28,31-32,34-35,37-38,43,46,71H,4-6,8-9,11-15,18,21-24,29-30,33,36,39-42,44-45,47-70H2,1-3H3/b10-7-,19-16-,20-17-,27-25-,28-26-,32-31-,35-34-,38-37-,46-43-. The molecule has 0 saturated carbocycles. The van der Waals surface area contributed by atoms with Gasteiger partial charge in [0.15, 0.2) is 6.10 Å². The van der Waals surface area contributed by atoms with E-state index in [0.29, 0.717) is 19.3 Å². The average Bonchev–Trinajstić information content (AvgIpc) is 3.46. The first-order valence-electron chi connectivity index (χ1n) is 33.9. The van der Waals surface area contributed by atoms with Crippen LogP contribution in [0.15, 0.2) is 109 Å². The topological polar surface area (TPSA) is 78.9 Å². The van der Waals surface area contributed by atoms with Gasteiger partial charge in [-0.1, -0.05) is 304 Å². The average molecular weight is 1110 g/mol. The van der Waals surface area contributed by atoms with Gasteiger partial charge in [-0.3, -0.25) is 14.4 Å². The minimum Gasteiger partial charge on any atom is -0.462 e. The fourth-order valence-corrected chi connectivity index (χ4v) is 9.45. The normalized spacial score (nSPS) is 12.8. The van der Waals surface area contributed by atoms with Crippen molar-refractivity contribution < 1.29 is 28.6 Å². The summed E-state index contributed by atoms with van der Waals surface area (Å²) in [4.78, 5) is 38.3. The van der Waals surface area contributed by atoms with Gasteiger partial charge in [0.25, 0.3) is 0 Å². The second-order valence-corrected chi connectivity index (χ2v) is 22.4. The quantitative estimate of drug-likeness (QED) is 0.0261. The van der Waals surface area contributed by atoms with Gasteiger partial charge >= 0.3 is 17.9 Å². The van der Waals surface area contributed by atoms with Crippen LogP contribution in [-0.4, -0.2) is 37.2 Å². The summed E-state index contributed by atoms with van der Waals surface area (Å²) in [6.45, 7) is 6.51. The minimum absolute atomic E-state index is 0.0809. The predicted octanol–water partition coefficient (Wildman–Crippen LogP) is 23.4. The highest BCUT2D eigenvalue weighted by Gasteiger charge is 2.19. The van der Waals surface area contributed by atoms with Crippen LogP contribution >= 0.6 is 0 Å². The van der Waals surface area contributed by atoms with Crippen LogP contribution in [0.1, 0.15) is 323 Å². The number of unbranched alkanes of at least 4 members (excludes halogenated alkanes) is 32. The zero-order valence-electron chi connectivity index (χ0n) is 52.6. The van der Waals surface area contributed by atoms with E-state index < -0.39 is 6.10 Å². The maximum atomic E-state index is 12.9. The fourth-order valence-electron chi connectivity index (χ4n) is 9.45. The van der Waals surface area contributed by atoms with E-state index in [4.69, 9.17) is 14.2 Å². The van der Waals surface area contributed by atoms with Crippen LogP contribution in [0.2, 0.25) is 0 Å². The molecule has 0 amide bonds. The zero-order chi connectivity index (χ0) is 57.8. The molecule has 1 atom stereocenters. The maximum absolute atomic E-state index is 12.9. The summed E-state index contributed by atoms with van der Waals surface area (Å²) in [5.74, 6) is -0.885. The van der Waals surface area contributed by atoms with Crippen LogP contribution in [0.4, 0.5) is 0 Å². The second-order valence-electron chi connectivity index (χ2n) is 22.4. The third-order valence-corrected chi connectivity index (χ3v) is 14.5. The summed E-state index contributed by atoms with van der Waals surface area (Å²) < 4.78 is 16.9. The van der Waals surface area contributed by atoms with Crippen molar-refractivity contribution in [1.82, 2.24) is 0 Å². The van der Waals surface area contributed by atoms with Crippen LogP contribution in [0.3, 0.4) is 0 Å². The molecule has 6 heteroatoms. The van der Waals surface area contributed by atoms with E-state index in [1.807, 2.05) is 0 Å². The molecule has 0 rings (SSSR count). The van der Waals surface area contributed by atoms with Gasteiger partial charge in [0.2, 0.25) is 0 Å². The van der Waals surface area contributed by atoms with E-state index in [9.17, 15) is 14.4 Å². The lowest BCUT2D eigenvalue weighted by Gasteiger charge is -2.18. The molecule has 0 aromatic heterocycles. The van der Waals surface area contributed by atoms with Crippen molar-refractivity contribution in [3.05, 3.63) is 109 Å². The number of hydrogen-bond acceptors (Lipinski definition) is 6. The molecule has 0 heterocycles. The van der Waals surface area contributed by atoms with Gasteiger partial charge in [0.1, 0.15) is 13.2 Å². The molecule has 1 unspecified atom stereocenters. The molecule has 0 aliphatic rings. The Morgan fingerprint density at radius 2 is 0.487 bits per heavy atom. The lowest BCUT2D eigenvalue weighted by atomic mass is 10.0. The molecule has 0 bridgehead atoms. The van der Waals surface area contributed by atoms with Gasteiger partial charge in [0.05, 0.1) is 0 Å². The number of esters is 3. The molecule has 0 aromatic carbocycles. The lowest BCUT2D eigenvalue weighted by Crippen LogP contribution is -2.30. The Bertz CT molecular complexity index is 1610. The van der Waals surface area contributed by atoms with Crippen molar-refractivity contribution in [3.63, 3.8) is 0 Å². The Kier molecular flexibility index (Phi) is 64.3. The Hall–Kier alpha value is -3.93. The highest BCUT2D eigenvalue weighted by molar-refractivity contribution is 5.71. The van der Waals surface area contributed by atoms with Crippen LogP contribution in [0.25, 0.3) is 0 Å². The number of carbonyl (C=O) groups is 3. The summed E-state index contributed by atoms with van der Waals surface area (Å²) >= 11 is 0. The predicted molar refractivity (Wildman–Crippen MR) is 348 cm³/mol. The molecule has 0 spiro atoms. The molecule has 0 aromatic rings. The van der Waals surface area contributed by atoms with Crippen molar-refractivity contribution in [2.24, 2.45) is 0 Å². The molecule has 0 aliphatic carbocycles. The van der Waals surface area contributed by atoms with Crippen molar-refractivity contribution in [3.8, 4) is 0 Å². The van der Waals surface area contributed by atoms with Crippen molar-refractivity contribution >= 4 is 17.9 Å². The van der Waals surface area contributed by atoms with Crippen LogP contribution in [0, 0.1) is 0 Å². The number of hydrogen-bond donors (Lipinski definition) is 0. The molecule has 0 N–H and O–H groups in total. The van der Waals surface area contributed by atoms with Crippen molar-refractivity contribution in [2.75, 3.05) is 13.2 Å². The third-order valence-electron chi connectivity index (χ3n) is 14.5. The van der Waals surface area contributed by atoms with Gasteiger partial charge in [0, 0.05) is 19.3 Å². The molecular weight excluding hydrogens is 985 g/mol. The smallest absolute Gasteiger partial charge is 0.306 e. The van der Waals surface area contributed by atoms with Crippen molar-refractivity contribution in [2.45, 2.75) is 329 Å². The third kappa shape index (κ3) is 64.9. The van der Waals surface area contributed by atoms with Crippen LogP contribution < -0.4 is 0 Å². The van der Waals surface area contributed by atoms with Crippen molar-refractivity contribution in [1.29, 1.82) is 0 Å². The Labute approximate surface area is 495 Å². The largest absolute Gasteiger partial charge is 0.462 e. The Balaban J connectivity index is 4.26. The minimum atomic E-state index is -0.786. The number of rotatable bonds is 61. The molecule has 0 aliphatic heterocycles. The number of allylic oxidation sites excluding steroid dienone is 18. The molecule has 0 saturated heterocycles. The molecule has 0 fully saturated rings. The van der Waals surface area contributed by atoms with E-state index in [0.717, 1.165) is 122 Å². The molecule has 80 heavy (non-hydrogen) atoms. The van der Waals surface area contributed by atoms with Gasteiger partial charge in [-0.15, -0.1) is 0 Å². The van der Waals surface area contributed by atoms with E-state index in [2.05, 4.69) is 130 Å². The summed E-state index contributed by atoms with van der Waals surface area (Å²) in [5, 5.41) is 0. The summed E-state index contributed by atoms with van der Waals surface area (Å²) in [6, 6.07) is 0. The van der Waals surface area contributed by atoms with Gasteiger partial charge in [-0.05, 0) is 109 Å².